The van der Waals surface area contributed by atoms with Gasteiger partial charge in [-0.2, -0.15) is 16.9 Å². The van der Waals surface area contributed by atoms with Gasteiger partial charge in [0.15, 0.2) is 0 Å². The molecule has 0 atom stereocenters. The van der Waals surface area contributed by atoms with Crippen LogP contribution >= 0.6 is 11.8 Å². The molecule has 0 unspecified atom stereocenters. The third-order valence-corrected chi connectivity index (χ3v) is 3.62. The number of hydrogen-bond acceptors (Lipinski definition) is 5. The smallest absolute Gasteiger partial charge is 0.255 e. The van der Waals surface area contributed by atoms with Crippen LogP contribution in [0.25, 0.3) is 5.52 Å². The van der Waals surface area contributed by atoms with Crippen LogP contribution in [-0.4, -0.2) is 50.3 Å². The SMILES string of the molecule is O=C(NCCSCCCO)c1cnn2ccncc12. The predicted molar refractivity (Wildman–Crippen MR) is 74.3 cm³/mol. The zero-order valence-electron chi connectivity index (χ0n) is 10.5. The van der Waals surface area contributed by atoms with Gasteiger partial charge in [-0.15, -0.1) is 0 Å². The minimum atomic E-state index is -0.134. The van der Waals surface area contributed by atoms with Crippen molar-refractivity contribution in [2.24, 2.45) is 0 Å². The molecule has 7 heteroatoms. The number of carbonyl (C=O) groups excluding carboxylic acids is 1. The van der Waals surface area contributed by atoms with Crippen molar-refractivity contribution in [3.63, 3.8) is 0 Å². The fourth-order valence-electron chi connectivity index (χ4n) is 1.61. The van der Waals surface area contributed by atoms with Crippen LogP contribution in [-0.2, 0) is 0 Å². The molecule has 0 spiro atoms. The molecule has 0 radical (unpaired) electrons. The van der Waals surface area contributed by atoms with Gasteiger partial charge in [-0.3, -0.25) is 9.78 Å². The Kier molecular flexibility index (Phi) is 5.17. The van der Waals surface area contributed by atoms with E-state index >= 15 is 0 Å². The van der Waals surface area contributed by atoms with E-state index in [4.69, 9.17) is 5.11 Å². The molecule has 2 N–H and O–H groups in total. The van der Waals surface area contributed by atoms with E-state index in [9.17, 15) is 4.79 Å². The lowest BCUT2D eigenvalue weighted by atomic mass is 10.3. The van der Waals surface area contributed by atoms with E-state index in [-0.39, 0.29) is 12.5 Å². The van der Waals surface area contributed by atoms with Crippen LogP contribution in [0.2, 0.25) is 0 Å². The van der Waals surface area contributed by atoms with Crippen molar-refractivity contribution in [2.45, 2.75) is 6.42 Å². The summed E-state index contributed by atoms with van der Waals surface area (Å²) in [7, 11) is 0. The van der Waals surface area contributed by atoms with Crippen LogP contribution in [0.5, 0.6) is 0 Å². The number of carbonyl (C=O) groups is 1. The Morgan fingerprint density at radius 1 is 1.42 bits per heavy atom. The van der Waals surface area contributed by atoms with Crippen molar-refractivity contribution < 1.29 is 9.90 Å². The molecule has 2 aromatic rings. The Hall–Kier alpha value is -1.60. The Balaban J connectivity index is 1.83. The molecule has 0 aliphatic heterocycles. The first-order valence-electron chi connectivity index (χ1n) is 6.07. The molecule has 19 heavy (non-hydrogen) atoms. The second kappa shape index (κ2) is 7.10. The number of amides is 1. The molecule has 1 amide bonds. The van der Waals surface area contributed by atoms with Gasteiger partial charge in [0.25, 0.3) is 5.91 Å². The van der Waals surface area contributed by atoms with E-state index in [1.807, 2.05) is 0 Å². The first kappa shape index (κ1) is 13.8. The molecule has 2 aromatic heterocycles. The summed E-state index contributed by atoms with van der Waals surface area (Å²) in [5, 5.41) is 15.6. The van der Waals surface area contributed by atoms with Crippen LogP contribution in [0, 0.1) is 0 Å². The molecule has 2 heterocycles. The van der Waals surface area contributed by atoms with E-state index < -0.39 is 0 Å². The molecule has 6 nitrogen and oxygen atoms in total. The Labute approximate surface area is 115 Å². The summed E-state index contributed by atoms with van der Waals surface area (Å²) in [5.41, 5.74) is 1.24. The zero-order chi connectivity index (χ0) is 13.5. The van der Waals surface area contributed by atoms with Gasteiger partial charge in [0, 0.05) is 31.3 Å². The monoisotopic (exact) mass is 280 g/mol. The maximum absolute atomic E-state index is 12.0. The zero-order valence-corrected chi connectivity index (χ0v) is 11.3. The molecule has 0 fully saturated rings. The van der Waals surface area contributed by atoms with Crippen LogP contribution in [0.15, 0.2) is 24.8 Å². The standard InChI is InChI=1S/C12H16N4O2S/c17-5-1-6-19-7-3-14-12(18)10-8-15-16-4-2-13-9-11(10)16/h2,4,8-9,17H,1,3,5-7H2,(H,14,18). The van der Waals surface area contributed by atoms with Crippen molar-refractivity contribution in [1.29, 1.82) is 0 Å². The highest BCUT2D eigenvalue weighted by Crippen LogP contribution is 2.08. The number of aromatic nitrogens is 3. The van der Waals surface area contributed by atoms with E-state index in [1.54, 1.807) is 41.1 Å². The Bertz CT molecular complexity index is 543. The van der Waals surface area contributed by atoms with Gasteiger partial charge in [-0.1, -0.05) is 0 Å². The number of rotatable bonds is 7. The highest BCUT2D eigenvalue weighted by Gasteiger charge is 2.11. The molecule has 0 saturated heterocycles. The van der Waals surface area contributed by atoms with Crippen LogP contribution < -0.4 is 5.32 Å². The minimum absolute atomic E-state index is 0.134. The van der Waals surface area contributed by atoms with E-state index in [1.165, 1.54) is 0 Å². The molecule has 0 aliphatic rings. The lowest BCUT2D eigenvalue weighted by Crippen LogP contribution is -2.25. The largest absolute Gasteiger partial charge is 0.396 e. The Morgan fingerprint density at radius 2 is 2.32 bits per heavy atom. The lowest BCUT2D eigenvalue weighted by molar-refractivity contribution is 0.0957. The van der Waals surface area contributed by atoms with E-state index in [0.717, 1.165) is 17.9 Å². The summed E-state index contributed by atoms with van der Waals surface area (Å²) in [6, 6.07) is 0. The van der Waals surface area contributed by atoms with Crippen LogP contribution in [0.1, 0.15) is 16.8 Å². The van der Waals surface area contributed by atoms with Crippen molar-refractivity contribution in [3.05, 3.63) is 30.4 Å². The average Bonchev–Trinajstić information content (AvgIpc) is 2.86. The fourth-order valence-corrected chi connectivity index (χ4v) is 2.39. The van der Waals surface area contributed by atoms with E-state index in [0.29, 0.717) is 17.6 Å². The number of nitrogens with zero attached hydrogens (tertiary/aromatic N) is 3. The Morgan fingerprint density at radius 3 is 3.16 bits per heavy atom. The third-order valence-electron chi connectivity index (χ3n) is 2.55. The molecule has 0 saturated carbocycles. The van der Waals surface area contributed by atoms with Crippen molar-refractivity contribution in [3.8, 4) is 0 Å². The highest BCUT2D eigenvalue weighted by molar-refractivity contribution is 7.99. The molecule has 0 aliphatic carbocycles. The number of hydrogen-bond donors (Lipinski definition) is 2. The summed E-state index contributed by atoms with van der Waals surface area (Å²) in [5.74, 6) is 1.61. The average molecular weight is 280 g/mol. The van der Waals surface area contributed by atoms with Crippen LogP contribution in [0.4, 0.5) is 0 Å². The molecule has 0 aromatic carbocycles. The summed E-state index contributed by atoms with van der Waals surface area (Å²) in [6.45, 7) is 0.821. The minimum Gasteiger partial charge on any atom is -0.396 e. The van der Waals surface area contributed by atoms with Crippen molar-refractivity contribution >= 4 is 23.2 Å². The first-order valence-corrected chi connectivity index (χ1v) is 7.22. The van der Waals surface area contributed by atoms with Gasteiger partial charge in [0.2, 0.25) is 0 Å². The maximum Gasteiger partial charge on any atom is 0.255 e. The van der Waals surface area contributed by atoms with E-state index in [2.05, 4.69) is 15.4 Å². The second-order valence-electron chi connectivity index (χ2n) is 3.91. The summed E-state index contributed by atoms with van der Waals surface area (Å²) in [4.78, 5) is 16.0. The number of aliphatic hydroxyl groups is 1. The van der Waals surface area contributed by atoms with Crippen molar-refractivity contribution in [1.82, 2.24) is 19.9 Å². The third kappa shape index (κ3) is 3.68. The molecular formula is C12H16N4O2S. The molecule has 2 rings (SSSR count). The van der Waals surface area contributed by atoms with Crippen LogP contribution in [0.3, 0.4) is 0 Å². The van der Waals surface area contributed by atoms with Gasteiger partial charge < -0.3 is 10.4 Å². The lowest BCUT2D eigenvalue weighted by Gasteiger charge is -2.03. The molecule has 0 bridgehead atoms. The molecular weight excluding hydrogens is 264 g/mol. The summed E-state index contributed by atoms with van der Waals surface area (Å²) < 4.78 is 1.62. The number of nitrogens with one attached hydrogen (secondary N) is 1. The normalized spacial score (nSPS) is 10.8. The van der Waals surface area contributed by atoms with Gasteiger partial charge >= 0.3 is 0 Å². The van der Waals surface area contributed by atoms with Gasteiger partial charge in [0.1, 0.15) is 0 Å². The van der Waals surface area contributed by atoms with Gasteiger partial charge in [-0.25, -0.2) is 4.52 Å². The number of aliphatic hydroxyl groups excluding tert-OH is 1. The number of fused-ring (bicyclic) bond motifs is 1. The molecule has 102 valence electrons. The fraction of sp³-hybridized carbons (Fsp3) is 0.417. The van der Waals surface area contributed by atoms with Gasteiger partial charge in [0.05, 0.1) is 23.5 Å². The summed E-state index contributed by atoms with van der Waals surface area (Å²) in [6.07, 6.45) is 7.29. The summed E-state index contributed by atoms with van der Waals surface area (Å²) >= 11 is 1.71. The first-order chi connectivity index (χ1) is 9.33. The quantitative estimate of drug-likeness (QED) is 0.725. The predicted octanol–water partition coefficient (Wildman–Crippen LogP) is 0.575. The van der Waals surface area contributed by atoms with Crippen molar-refractivity contribution in [2.75, 3.05) is 24.7 Å². The maximum atomic E-state index is 12.0. The topological polar surface area (TPSA) is 79.5 Å². The number of thioether (sulfide) groups is 1. The van der Waals surface area contributed by atoms with Gasteiger partial charge in [-0.05, 0) is 12.2 Å². The second-order valence-corrected chi connectivity index (χ2v) is 5.13. The highest BCUT2D eigenvalue weighted by atomic mass is 32.2.